The molecule has 1 N–H and O–H groups in total. The van der Waals surface area contributed by atoms with Gasteiger partial charge in [-0.1, -0.05) is 69.8 Å². The molecule has 9 heteroatoms. The zero-order valence-corrected chi connectivity index (χ0v) is 22.3. The minimum Gasteiger partial charge on any atom is -0.507 e. The second kappa shape index (κ2) is 10.2. The lowest BCUT2D eigenvalue weighted by molar-refractivity contribution is -0.132. The number of esters is 1. The lowest BCUT2D eigenvalue weighted by Gasteiger charge is -2.23. The molecule has 0 spiro atoms. The van der Waals surface area contributed by atoms with Crippen molar-refractivity contribution in [3.05, 3.63) is 98.0 Å². The topological polar surface area (TPSA) is 96.8 Å². The molecular formula is C27H23BrN2O5S. The summed E-state index contributed by atoms with van der Waals surface area (Å²) in [5, 5.41) is 11.5. The highest BCUT2D eigenvalue weighted by Gasteiger charge is 2.48. The molecule has 0 radical (unpaired) electrons. The SMILES string of the molecule is C=CCOC(=O)c1sc(N2C(=O)C(=O)C(=C(O)c3cc(C)ccc3C)C2c2cccc(Br)c2)nc1C. The smallest absolute Gasteiger partial charge is 0.350 e. The van der Waals surface area contributed by atoms with E-state index in [2.05, 4.69) is 27.5 Å². The predicted molar refractivity (Wildman–Crippen MR) is 142 cm³/mol. The summed E-state index contributed by atoms with van der Waals surface area (Å²) in [5.41, 5.74) is 3.04. The molecule has 3 aromatic rings. The van der Waals surface area contributed by atoms with E-state index in [4.69, 9.17) is 4.74 Å². The standard InChI is InChI=1S/C27H23BrN2O5S/c1-5-11-35-26(34)24-16(4)29-27(36-24)30-21(17-7-6-8-18(28)13-17)20(23(32)25(30)33)22(31)19-12-14(2)9-10-15(19)3/h5-10,12-13,21,31H,1,11H2,2-4H3. The third kappa shape index (κ3) is 4.64. The molecule has 0 aliphatic carbocycles. The highest BCUT2D eigenvalue weighted by atomic mass is 79.9. The van der Waals surface area contributed by atoms with Crippen LogP contribution in [0, 0.1) is 20.8 Å². The number of aromatic nitrogens is 1. The van der Waals surface area contributed by atoms with Crippen LogP contribution in [0.5, 0.6) is 0 Å². The number of Topliss-reactive ketones (excluding diaryl/α,β-unsaturated/α-hetero) is 1. The van der Waals surface area contributed by atoms with Crippen LogP contribution < -0.4 is 4.90 Å². The molecule has 1 saturated heterocycles. The van der Waals surface area contributed by atoms with Crippen LogP contribution in [0.2, 0.25) is 0 Å². The molecule has 184 valence electrons. The molecular weight excluding hydrogens is 544 g/mol. The highest BCUT2D eigenvalue weighted by molar-refractivity contribution is 9.10. The average molecular weight is 567 g/mol. The highest BCUT2D eigenvalue weighted by Crippen LogP contribution is 2.44. The summed E-state index contributed by atoms with van der Waals surface area (Å²) < 4.78 is 5.88. The summed E-state index contributed by atoms with van der Waals surface area (Å²) in [6, 6.07) is 11.7. The van der Waals surface area contributed by atoms with Gasteiger partial charge >= 0.3 is 11.9 Å². The van der Waals surface area contributed by atoms with E-state index in [0.29, 0.717) is 16.8 Å². The lowest BCUT2D eigenvalue weighted by atomic mass is 9.93. The number of amides is 1. The van der Waals surface area contributed by atoms with Crippen molar-refractivity contribution in [1.29, 1.82) is 0 Å². The minimum atomic E-state index is -0.954. The Bertz CT molecular complexity index is 1440. The Hall–Kier alpha value is -3.56. The Labute approximate surface area is 220 Å². The number of aryl methyl sites for hydroxylation is 3. The van der Waals surface area contributed by atoms with Crippen LogP contribution in [-0.4, -0.2) is 34.4 Å². The van der Waals surface area contributed by atoms with Crippen molar-refractivity contribution in [3.63, 3.8) is 0 Å². The van der Waals surface area contributed by atoms with Crippen LogP contribution in [-0.2, 0) is 14.3 Å². The molecule has 1 atom stereocenters. The number of nitrogens with zero attached hydrogens (tertiary/aromatic N) is 2. The number of ether oxygens (including phenoxy) is 1. The number of ketones is 1. The second-order valence-corrected chi connectivity index (χ2v) is 10.2. The monoisotopic (exact) mass is 566 g/mol. The molecule has 2 aromatic carbocycles. The van der Waals surface area contributed by atoms with Gasteiger partial charge in [-0.25, -0.2) is 9.78 Å². The first-order chi connectivity index (χ1) is 17.1. The predicted octanol–water partition coefficient (Wildman–Crippen LogP) is 5.80. The first kappa shape index (κ1) is 25.5. The van der Waals surface area contributed by atoms with E-state index in [9.17, 15) is 19.5 Å². The number of carbonyl (C=O) groups is 3. The summed E-state index contributed by atoms with van der Waals surface area (Å²) in [4.78, 5) is 45.2. The summed E-state index contributed by atoms with van der Waals surface area (Å²) in [6.45, 7) is 8.90. The Kier molecular flexibility index (Phi) is 7.23. The number of aliphatic hydroxyl groups excluding tert-OH is 1. The fourth-order valence-electron chi connectivity index (χ4n) is 4.03. The van der Waals surface area contributed by atoms with E-state index in [-0.39, 0.29) is 27.9 Å². The molecule has 36 heavy (non-hydrogen) atoms. The van der Waals surface area contributed by atoms with Gasteiger partial charge in [0, 0.05) is 10.0 Å². The molecule has 1 fully saturated rings. The summed E-state index contributed by atoms with van der Waals surface area (Å²) in [5.74, 6) is -2.53. The van der Waals surface area contributed by atoms with Crippen molar-refractivity contribution in [3.8, 4) is 0 Å². The molecule has 1 aromatic heterocycles. The van der Waals surface area contributed by atoms with E-state index in [1.165, 1.54) is 11.0 Å². The minimum absolute atomic E-state index is 0.0317. The number of aliphatic hydroxyl groups is 1. The number of anilines is 1. The Morgan fingerprint density at radius 1 is 1.22 bits per heavy atom. The van der Waals surface area contributed by atoms with Crippen LogP contribution in [0.25, 0.3) is 5.76 Å². The van der Waals surface area contributed by atoms with Crippen molar-refractivity contribution in [2.24, 2.45) is 0 Å². The maximum absolute atomic E-state index is 13.4. The number of carbonyl (C=O) groups excluding carboxylic acids is 3. The first-order valence-corrected chi connectivity index (χ1v) is 12.6. The summed E-state index contributed by atoms with van der Waals surface area (Å²) >= 11 is 4.40. The van der Waals surface area contributed by atoms with Crippen molar-refractivity contribution in [2.45, 2.75) is 26.8 Å². The third-order valence-corrected chi connectivity index (χ3v) is 7.40. The number of benzene rings is 2. The first-order valence-electron chi connectivity index (χ1n) is 11.0. The quantitative estimate of drug-likeness (QED) is 0.133. The largest absolute Gasteiger partial charge is 0.507 e. The van der Waals surface area contributed by atoms with Gasteiger partial charge in [0.05, 0.1) is 17.3 Å². The van der Waals surface area contributed by atoms with E-state index in [1.54, 1.807) is 31.2 Å². The van der Waals surface area contributed by atoms with Gasteiger partial charge in [-0.15, -0.1) is 0 Å². The van der Waals surface area contributed by atoms with Gasteiger partial charge in [0.1, 0.15) is 17.2 Å². The third-order valence-electron chi connectivity index (χ3n) is 5.77. The molecule has 1 amide bonds. The van der Waals surface area contributed by atoms with Gasteiger partial charge in [-0.3, -0.25) is 14.5 Å². The van der Waals surface area contributed by atoms with E-state index in [0.717, 1.165) is 26.9 Å². The van der Waals surface area contributed by atoms with Gasteiger partial charge in [0.25, 0.3) is 5.78 Å². The molecule has 0 bridgehead atoms. The Balaban J connectivity index is 1.92. The normalized spacial score (nSPS) is 16.9. The van der Waals surface area contributed by atoms with Crippen molar-refractivity contribution >= 4 is 55.8 Å². The van der Waals surface area contributed by atoms with Gasteiger partial charge in [0.15, 0.2) is 5.13 Å². The lowest BCUT2D eigenvalue weighted by Crippen LogP contribution is -2.29. The van der Waals surface area contributed by atoms with Crippen molar-refractivity contribution < 1.29 is 24.2 Å². The van der Waals surface area contributed by atoms with Crippen LogP contribution >= 0.6 is 27.3 Å². The molecule has 1 unspecified atom stereocenters. The maximum Gasteiger partial charge on any atom is 0.350 e. The summed E-state index contributed by atoms with van der Waals surface area (Å²) in [7, 11) is 0. The van der Waals surface area contributed by atoms with Crippen LogP contribution in [0.1, 0.15) is 43.7 Å². The molecule has 2 heterocycles. The van der Waals surface area contributed by atoms with Crippen LogP contribution in [0.4, 0.5) is 5.13 Å². The number of thiazole rings is 1. The average Bonchev–Trinajstić information content (AvgIpc) is 3.35. The van der Waals surface area contributed by atoms with E-state index < -0.39 is 23.7 Å². The Morgan fingerprint density at radius 2 is 1.97 bits per heavy atom. The molecule has 4 rings (SSSR count). The molecule has 0 saturated carbocycles. The van der Waals surface area contributed by atoms with Crippen molar-refractivity contribution in [1.82, 2.24) is 4.98 Å². The number of hydrogen-bond acceptors (Lipinski definition) is 7. The molecule has 1 aliphatic rings. The fourth-order valence-corrected chi connectivity index (χ4v) is 5.44. The Morgan fingerprint density at radius 3 is 2.67 bits per heavy atom. The van der Waals surface area contributed by atoms with Gasteiger partial charge in [-0.05, 0) is 50.1 Å². The number of rotatable bonds is 6. The van der Waals surface area contributed by atoms with Gasteiger partial charge < -0.3 is 9.84 Å². The van der Waals surface area contributed by atoms with Crippen LogP contribution in [0.3, 0.4) is 0 Å². The number of halogens is 1. The maximum atomic E-state index is 13.4. The molecule has 1 aliphatic heterocycles. The summed E-state index contributed by atoms with van der Waals surface area (Å²) in [6.07, 6.45) is 1.45. The van der Waals surface area contributed by atoms with Gasteiger partial charge in [0.2, 0.25) is 0 Å². The van der Waals surface area contributed by atoms with E-state index in [1.807, 2.05) is 32.0 Å². The zero-order valence-electron chi connectivity index (χ0n) is 19.9. The second-order valence-electron chi connectivity index (χ2n) is 8.34. The number of hydrogen-bond donors (Lipinski definition) is 1. The fraction of sp³-hybridized carbons (Fsp3) is 0.185. The van der Waals surface area contributed by atoms with Crippen molar-refractivity contribution in [2.75, 3.05) is 11.5 Å². The van der Waals surface area contributed by atoms with Crippen LogP contribution in [0.15, 0.2) is 65.2 Å². The molecule has 7 nitrogen and oxygen atoms in total. The van der Waals surface area contributed by atoms with E-state index >= 15 is 0 Å². The zero-order chi connectivity index (χ0) is 26.1. The van der Waals surface area contributed by atoms with Gasteiger partial charge in [-0.2, -0.15) is 0 Å².